The van der Waals surface area contributed by atoms with Crippen molar-refractivity contribution in [2.24, 2.45) is 0 Å². The summed E-state index contributed by atoms with van der Waals surface area (Å²) >= 11 is 3.40. The van der Waals surface area contributed by atoms with Gasteiger partial charge in [-0.25, -0.2) is 0 Å². The van der Waals surface area contributed by atoms with Crippen molar-refractivity contribution in [3.05, 3.63) is 94.5 Å². The smallest absolute Gasteiger partial charge is 0.165 e. The van der Waals surface area contributed by atoms with Crippen LogP contribution in [0.15, 0.2) is 83.3 Å². The van der Waals surface area contributed by atoms with Crippen molar-refractivity contribution in [1.82, 2.24) is 0 Å². The summed E-state index contributed by atoms with van der Waals surface area (Å²) in [7, 11) is 1.64. The molecular weight excluding hydrogens is 426 g/mol. The zero-order valence-electron chi connectivity index (χ0n) is 14.9. The van der Waals surface area contributed by atoms with Gasteiger partial charge in [0.05, 0.1) is 13.2 Å². The molecule has 0 saturated carbocycles. The Morgan fingerprint density at radius 1 is 0.963 bits per heavy atom. The lowest BCUT2D eigenvalue weighted by Crippen LogP contribution is -2.15. The summed E-state index contributed by atoms with van der Waals surface area (Å²) in [5.41, 5.74) is 2.74. The lowest BCUT2D eigenvalue weighted by Gasteiger charge is -2.20. The number of halogens is 2. The van der Waals surface area contributed by atoms with Gasteiger partial charge in [0, 0.05) is 22.1 Å². The van der Waals surface area contributed by atoms with Crippen molar-refractivity contribution < 1.29 is 9.53 Å². The fraction of sp³-hybridized carbons (Fsp3) is 0.136. The van der Waals surface area contributed by atoms with E-state index in [1.807, 2.05) is 78.9 Å². The van der Waals surface area contributed by atoms with Gasteiger partial charge in [-0.15, -0.1) is 12.4 Å². The number of anilines is 1. The molecule has 0 aliphatic rings. The van der Waals surface area contributed by atoms with Gasteiger partial charge >= 0.3 is 0 Å². The number of methoxy groups -OCH3 is 1. The van der Waals surface area contributed by atoms with Gasteiger partial charge in [0.2, 0.25) is 0 Å². The number of hydrogen-bond donors (Lipinski definition) is 1. The SMILES string of the molecule is COc1ccc(NC(CC(=O)c2ccc(Br)cc2)c2ccccc2)cc1.Cl. The lowest BCUT2D eigenvalue weighted by molar-refractivity contribution is 0.0976. The van der Waals surface area contributed by atoms with Crippen LogP contribution in [-0.2, 0) is 0 Å². The van der Waals surface area contributed by atoms with Gasteiger partial charge in [-0.1, -0.05) is 58.4 Å². The average Bonchev–Trinajstić information content (AvgIpc) is 2.69. The third-order valence-electron chi connectivity index (χ3n) is 4.19. The van der Waals surface area contributed by atoms with E-state index in [-0.39, 0.29) is 24.2 Å². The minimum Gasteiger partial charge on any atom is -0.497 e. The molecule has 0 bridgehead atoms. The molecule has 3 nitrogen and oxygen atoms in total. The van der Waals surface area contributed by atoms with Crippen LogP contribution >= 0.6 is 28.3 Å². The highest BCUT2D eigenvalue weighted by Crippen LogP contribution is 2.26. The number of hydrogen-bond acceptors (Lipinski definition) is 3. The Balaban J connectivity index is 0.00000261. The van der Waals surface area contributed by atoms with Crippen molar-refractivity contribution in [1.29, 1.82) is 0 Å². The highest BCUT2D eigenvalue weighted by atomic mass is 79.9. The standard InChI is InChI=1S/C22H20BrNO2.ClH/c1-26-20-13-11-19(12-14-20)24-21(16-5-3-2-4-6-16)15-22(25)17-7-9-18(23)10-8-17;/h2-14,21,24H,15H2,1H3;1H. The number of rotatable bonds is 7. The summed E-state index contributed by atoms with van der Waals surface area (Å²) in [6.07, 6.45) is 0.373. The maximum absolute atomic E-state index is 12.8. The molecule has 0 aliphatic carbocycles. The molecule has 140 valence electrons. The first-order valence-electron chi connectivity index (χ1n) is 8.40. The molecule has 1 N–H and O–H groups in total. The number of ether oxygens (including phenoxy) is 1. The number of Topliss-reactive ketones (excluding diaryl/α,β-unsaturated/α-hetero) is 1. The van der Waals surface area contributed by atoms with E-state index in [4.69, 9.17) is 4.74 Å². The molecule has 0 heterocycles. The first-order valence-corrected chi connectivity index (χ1v) is 9.19. The predicted octanol–water partition coefficient (Wildman–Crippen LogP) is 6.31. The molecule has 0 aliphatic heterocycles. The third kappa shape index (κ3) is 5.84. The number of nitrogens with one attached hydrogen (secondary N) is 1. The number of benzene rings is 3. The molecule has 0 spiro atoms. The molecule has 3 aromatic rings. The van der Waals surface area contributed by atoms with E-state index >= 15 is 0 Å². The van der Waals surface area contributed by atoms with Crippen LogP contribution in [0.25, 0.3) is 0 Å². The van der Waals surface area contributed by atoms with E-state index in [0.717, 1.165) is 21.5 Å². The molecule has 0 radical (unpaired) electrons. The van der Waals surface area contributed by atoms with Crippen LogP contribution in [0.1, 0.15) is 28.4 Å². The van der Waals surface area contributed by atoms with Gasteiger partial charge in [-0.2, -0.15) is 0 Å². The minimum absolute atomic E-state index is 0. The summed E-state index contributed by atoms with van der Waals surface area (Å²) < 4.78 is 6.17. The van der Waals surface area contributed by atoms with Gasteiger partial charge in [-0.3, -0.25) is 4.79 Å². The second-order valence-electron chi connectivity index (χ2n) is 5.97. The highest BCUT2D eigenvalue weighted by Gasteiger charge is 2.17. The summed E-state index contributed by atoms with van der Waals surface area (Å²) in [4.78, 5) is 12.8. The lowest BCUT2D eigenvalue weighted by atomic mass is 9.97. The monoisotopic (exact) mass is 445 g/mol. The molecule has 3 aromatic carbocycles. The van der Waals surface area contributed by atoms with Crippen molar-refractivity contribution in [3.63, 3.8) is 0 Å². The van der Waals surface area contributed by atoms with Gasteiger partial charge in [0.1, 0.15) is 5.75 Å². The zero-order valence-corrected chi connectivity index (χ0v) is 17.3. The van der Waals surface area contributed by atoms with Crippen LogP contribution in [0, 0.1) is 0 Å². The first kappa shape index (κ1) is 21.0. The second-order valence-corrected chi connectivity index (χ2v) is 6.89. The molecule has 0 fully saturated rings. The van der Waals surface area contributed by atoms with Crippen LogP contribution in [0.3, 0.4) is 0 Å². The topological polar surface area (TPSA) is 38.3 Å². The van der Waals surface area contributed by atoms with Gasteiger partial charge in [0.25, 0.3) is 0 Å². The van der Waals surface area contributed by atoms with Gasteiger partial charge in [-0.05, 0) is 42.0 Å². The molecule has 0 amide bonds. The summed E-state index contributed by atoms with van der Waals surface area (Å²) in [5, 5.41) is 3.47. The van der Waals surface area contributed by atoms with Crippen molar-refractivity contribution in [2.45, 2.75) is 12.5 Å². The van der Waals surface area contributed by atoms with Crippen LogP contribution in [-0.4, -0.2) is 12.9 Å². The van der Waals surface area contributed by atoms with E-state index in [9.17, 15) is 4.79 Å². The van der Waals surface area contributed by atoms with E-state index in [0.29, 0.717) is 12.0 Å². The fourth-order valence-corrected chi connectivity index (χ4v) is 3.03. The van der Waals surface area contributed by atoms with Crippen molar-refractivity contribution >= 4 is 39.8 Å². The van der Waals surface area contributed by atoms with Crippen molar-refractivity contribution in [3.8, 4) is 5.75 Å². The Labute approximate surface area is 174 Å². The summed E-state index contributed by atoms with van der Waals surface area (Å²) in [5.74, 6) is 0.908. The first-order chi connectivity index (χ1) is 12.7. The molecule has 1 atom stereocenters. The summed E-state index contributed by atoms with van der Waals surface area (Å²) in [6.45, 7) is 0. The maximum atomic E-state index is 12.8. The van der Waals surface area contributed by atoms with E-state index in [1.54, 1.807) is 7.11 Å². The molecule has 27 heavy (non-hydrogen) atoms. The van der Waals surface area contributed by atoms with Crippen LogP contribution in [0.5, 0.6) is 5.75 Å². The Hall–Kier alpha value is -2.30. The number of carbonyl (C=O) groups excluding carboxylic acids is 1. The molecule has 3 rings (SSSR count). The highest BCUT2D eigenvalue weighted by molar-refractivity contribution is 9.10. The second kappa shape index (κ2) is 10.1. The van der Waals surface area contributed by atoms with E-state index in [1.165, 1.54) is 0 Å². The maximum Gasteiger partial charge on any atom is 0.165 e. The predicted molar refractivity (Wildman–Crippen MR) is 116 cm³/mol. The van der Waals surface area contributed by atoms with E-state index in [2.05, 4.69) is 21.2 Å². The Kier molecular flexibility index (Phi) is 7.89. The van der Waals surface area contributed by atoms with E-state index < -0.39 is 0 Å². The van der Waals surface area contributed by atoms with Crippen LogP contribution in [0.4, 0.5) is 5.69 Å². The normalized spacial score (nSPS) is 11.2. The Morgan fingerprint density at radius 2 is 1.59 bits per heavy atom. The minimum atomic E-state index is -0.110. The van der Waals surface area contributed by atoms with Crippen molar-refractivity contribution in [2.75, 3.05) is 12.4 Å². The summed E-state index contributed by atoms with van der Waals surface area (Å²) in [6, 6.07) is 25.1. The molecule has 1 unspecified atom stereocenters. The number of carbonyl (C=O) groups is 1. The molecule has 5 heteroatoms. The number of ketones is 1. The zero-order chi connectivity index (χ0) is 18.4. The Morgan fingerprint density at radius 3 is 2.19 bits per heavy atom. The van der Waals surface area contributed by atoms with Gasteiger partial charge < -0.3 is 10.1 Å². The largest absolute Gasteiger partial charge is 0.497 e. The Bertz CT molecular complexity index is 852. The molecular formula is C22H21BrClNO2. The van der Waals surface area contributed by atoms with Gasteiger partial charge in [0.15, 0.2) is 5.78 Å². The van der Waals surface area contributed by atoms with Crippen LogP contribution in [0.2, 0.25) is 0 Å². The molecule has 0 aromatic heterocycles. The van der Waals surface area contributed by atoms with Crippen LogP contribution < -0.4 is 10.1 Å². The third-order valence-corrected chi connectivity index (χ3v) is 4.72. The fourth-order valence-electron chi connectivity index (χ4n) is 2.77. The quantitative estimate of drug-likeness (QED) is 0.432. The average molecular weight is 447 g/mol. The molecule has 0 saturated heterocycles.